The Hall–Kier alpha value is -3.80. The number of rotatable bonds is 10. The second kappa shape index (κ2) is 10.7. The molecule has 2 N–H and O–H groups in total. The van der Waals surface area contributed by atoms with Gasteiger partial charge < -0.3 is 24.3 Å². The molecule has 1 aromatic carbocycles. The Kier molecular flexibility index (Phi) is 7.58. The molecular weight excluding hydrogens is 477 g/mol. The van der Waals surface area contributed by atoms with Gasteiger partial charge in [-0.05, 0) is 24.8 Å². The van der Waals surface area contributed by atoms with Crippen LogP contribution >= 0.6 is 0 Å². The van der Waals surface area contributed by atoms with Crippen molar-refractivity contribution in [2.24, 2.45) is 5.92 Å². The van der Waals surface area contributed by atoms with Crippen molar-refractivity contribution in [3.05, 3.63) is 60.2 Å². The third-order valence-corrected chi connectivity index (χ3v) is 7.14. The topological polar surface area (TPSA) is 137 Å². The number of aromatic nitrogens is 2. The Balaban J connectivity index is 1.64. The summed E-state index contributed by atoms with van der Waals surface area (Å²) in [5, 5.41) is 5.76. The van der Waals surface area contributed by atoms with E-state index in [1.165, 1.54) is 18.6 Å². The number of nitrogens with one attached hydrogen (secondary N) is 2. The summed E-state index contributed by atoms with van der Waals surface area (Å²) in [5.74, 6) is -2.64. The molecule has 2 saturated heterocycles. The number of fused-ring (bicyclic) bond motifs is 1. The van der Waals surface area contributed by atoms with Crippen LogP contribution in [0, 0.1) is 5.92 Å². The van der Waals surface area contributed by atoms with Crippen molar-refractivity contribution >= 4 is 30.4 Å². The molecule has 1 aromatic heterocycles. The van der Waals surface area contributed by atoms with E-state index in [-0.39, 0.29) is 35.5 Å². The SMILES string of the molecule is CC[N+]12CC(=O)O[B-]1([C@H](CC(C)C)NC(=O)[C@H](Cc1ccccc1)NC(=O)c1cnccn1)OC(=O)C2. The Bertz CT molecular complexity index is 1140. The zero-order valence-electron chi connectivity index (χ0n) is 21.3. The minimum Gasteiger partial charge on any atom is -0.599 e. The van der Waals surface area contributed by atoms with Gasteiger partial charge in [-0.1, -0.05) is 44.2 Å². The van der Waals surface area contributed by atoms with Gasteiger partial charge in [0.25, 0.3) is 5.91 Å². The van der Waals surface area contributed by atoms with Gasteiger partial charge in [-0.3, -0.25) is 24.2 Å². The van der Waals surface area contributed by atoms with Crippen LogP contribution in [0.15, 0.2) is 48.9 Å². The standard InChI is InChI=1S/C25H32BN5O6/c1-4-31-15-22(32)36-26(31,37-23(33)16-31)21(12-17(2)3)30-24(34)19(13-18-8-6-5-7-9-18)29-25(35)20-14-27-10-11-28-20/h5-11,14,17,19,21H,4,12-13,15-16H2,1-3H3,(H,29,35)(H,30,34)/t19-,21-,26?,31?/m0/s1. The fourth-order valence-corrected chi connectivity index (χ4v) is 5.38. The van der Waals surface area contributed by atoms with E-state index in [1.807, 2.05) is 51.1 Å². The van der Waals surface area contributed by atoms with Crippen LogP contribution in [0.1, 0.15) is 43.2 Å². The van der Waals surface area contributed by atoms with Crippen LogP contribution in [0.25, 0.3) is 0 Å². The second-order valence-corrected chi connectivity index (χ2v) is 10.1. The van der Waals surface area contributed by atoms with Crippen molar-refractivity contribution < 1.29 is 32.9 Å². The molecule has 2 fully saturated rings. The van der Waals surface area contributed by atoms with Gasteiger partial charge in [-0.15, -0.1) is 0 Å². The molecule has 12 heteroatoms. The molecule has 4 rings (SSSR count). The Morgan fingerprint density at radius 1 is 1.05 bits per heavy atom. The molecule has 0 saturated carbocycles. The van der Waals surface area contributed by atoms with Crippen LogP contribution in [0.4, 0.5) is 0 Å². The molecule has 11 nitrogen and oxygen atoms in total. The molecule has 0 radical (unpaired) electrons. The summed E-state index contributed by atoms with van der Waals surface area (Å²) < 4.78 is 11.6. The Morgan fingerprint density at radius 3 is 2.30 bits per heavy atom. The predicted octanol–water partition coefficient (Wildman–Crippen LogP) is 0.777. The van der Waals surface area contributed by atoms with Crippen molar-refractivity contribution in [1.29, 1.82) is 0 Å². The normalized spacial score (nSPS) is 24.1. The van der Waals surface area contributed by atoms with E-state index in [1.54, 1.807) is 0 Å². The fraction of sp³-hybridized carbons (Fsp3) is 0.440. The first-order valence-electron chi connectivity index (χ1n) is 12.5. The molecule has 2 atom stereocenters. The molecule has 2 aromatic rings. The molecular formula is C25H32BN5O6. The van der Waals surface area contributed by atoms with Crippen LogP contribution in [0.3, 0.4) is 0 Å². The second-order valence-electron chi connectivity index (χ2n) is 10.1. The van der Waals surface area contributed by atoms with Crippen LogP contribution < -0.4 is 10.6 Å². The molecule has 196 valence electrons. The largest absolute Gasteiger partial charge is 0.605 e. The highest BCUT2D eigenvalue weighted by molar-refractivity contribution is 6.68. The van der Waals surface area contributed by atoms with E-state index in [2.05, 4.69) is 20.6 Å². The quantitative estimate of drug-likeness (QED) is 0.449. The molecule has 3 heterocycles. The highest BCUT2D eigenvalue weighted by Crippen LogP contribution is 2.39. The number of quaternary nitrogens is 1. The first kappa shape index (κ1) is 26.3. The van der Waals surface area contributed by atoms with E-state index in [9.17, 15) is 19.2 Å². The van der Waals surface area contributed by atoms with Gasteiger partial charge >= 0.3 is 18.6 Å². The average Bonchev–Trinajstić information content (AvgIpc) is 3.30. The third kappa shape index (κ3) is 5.34. The number of likely N-dealkylation sites (N-methyl/N-ethyl adjacent to an activating group) is 1. The number of hydrogen-bond acceptors (Lipinski definition) is 8. The predicted molar refractivity (Wildman–Crippen MR) is 133 cm³/mol. The molecule has 2 aliphatic rings. The minimum absolute atomic E-state index is 0.00353. The molecule has 2 aliphatic heterocycles. The van der Waals surface area contributed by atoms with Crippen LogP contribution in [0.5, 0.6) is 0 Å². The highest BCUT2D eigenvalue weighted by Gasteiger charge is 2.70. The lowest BCUT2D eigenvalue weighted by molar-refractivity contribution is -0.814. The van der Waals surface area contributed by atoms with E-state index in [0.717, 1.165) is 5.56 Å². The zero-order valence-corrected chi connectivity index (χ0v) is 21.3. The summed E-state index contributed by atoms with van der Waals surface area (Å²) in [6.45, 7) is 3.71. The molecule has 0 spiro atoms. The summed E-state index contributed by atoms with van der Waals surface area (Å²) in [5.41, 5.74) is 0.912. The summed E-state index contributed by atoms with van der Waals surface area (Å²) in [4.78, 5) is 59.6. The third-order valence-electron chi connectivity index (χ3n) is 7.14. The van der Waals surface area contributed by atoms with E-state index >= 15 is 0 Å². The van der Waals surface area contributed by atoms with E-state index in [4.69, 9.17) is 9.31 Å². The van der Waals surface area contributed by atoms with Gasteiger partial charge in [0, 0.05) is 25.4 Å². The lowest BCUT2D eigenvalue weighted by atomic mass is 9.57. The summed E-state index contributed by atoms with van der Waals surface area (Å²) in [6.07, 6.45) is 4.78. The average molecular weight is 509 g/mol. The van der Waals surface area contributed by atoms with Gasteiger partial charge in [0.1, 0.15) is 24.8 Å². The number of benzene rings is 1. The van der Waals surface area contributed by atoms with Crippen molar-refractivity contribution in [1.82, 2.24) is 20.6 Å². The van der Waals surface area contributed by atoms with E-state index < -0.39 is 42.4 Å². The van der Waals surface area contributed by atoms with Crippen LogP contribution in [-0.4, -0.2) is 76.4 Å². The molecule has 0 bridgehead atoms. The van der Waals surface area contributed by atoms with Gasteiger partial charge in [0.05, 0.1) is 12.1 Å². The first-order chi connectivity index (χ1) is 17.7. The molecule has 2 amide bonds. The van der Waals surface area contributed by atoms with Crippen LogP contribution in [0.2, 0.25) is 0 Å². The summed E-state index contributed by atoms with van der Waals surface area (Å²) in [7, 11) is 0. The Morgan fingerprint density at radius 2 is 1.73 bits per heavy atom. The van der Waals surface area contributed by atoms with Crippen molar-refractivity contribution in [3.8, 4) is 0 Å². The first-order valence-corrected chi connectivity index (χ1v) is 12.5. The number of hydrogen-bond donors (Lipinski definition) is 2. The lowest BCUT2D eigenvalue weighted by Gasteiger charge is -2.47. The summed E-state index contributed by atoms with van der Waals surface area (Å²) >= 11 is 0. The molecule has 0 unspecified atom stereocenters. The van der Waals surface area contributed by atoms with Gasteiger partial charge in [0.15, 0.2) is 0 Å². The molecule has 37 heavy (non-hydrogen) atoms. The van der Waals surface area contributed by atoms with E-state index in [0.29, 0.717) is 13.0 Å². The van der Waals surface area contributed by atoms with Gasteiger partial charge in [-0.2, -0.15) is 0 Å². The van der Waals surface area contributed by atoms with Gasteiger partial charge in [0.2, 0.25) is 5.91 Å². The number of carbonyl (C=O) groups is 4. The fourth-order valence-electron chi connectivity index (χ4n) is 5.38. The van der Waals surface area contributed by atoms with Crippen LogP contribution in [-0.2, 0) is 30.1 Å². The van der Waals surface area contributed by atoms with Gasteiger partial charge in [-0.25, -0.2) is 4.98 Å². The maximum atomic E-state index is 13.8. The van der Waals surface area contributed by atoms with Crippen molar-refractivity contribution in [2.75, 3.05) is 19.6 Å². The summed E-state index contributed by atoms with van der Waals surface area (Å²) in [6, 6.07) is 8.31. The maximum absolute atomic E-state index is 13.8. The Labute approximate surface area is 215 Å². The monoisotopic (exact) mass is 509 g/mol. The highest BCUT2D eigenvalue weighted by atomic mass is 16.7. The number of carbonyl (C=O) groups excluding carboxylic acids is 4. The van der Waals surface area contributed by atoms with Crippen molar-refractivity contribution in [2.45, 2.75) is 45.6 Å². The van der Waals surface area contributed by atoms with Crippen molar-refractivity contribution in [3.63, 3.8) is 0 Å². The smallest absolute Gasteiger partial charge is 0.599 e. The zero-order chi connectivity index (χ0) is 26.6. The minimum atomic E-state index is -2.53. The number of amides is 2. The lowest BCUT2D eigenvalue weighted by Crippen LogP contribution is -2.73. The maximum Gasteiger partial charge on any atom is 0.605 e. The number of nitrogens with zero attached hydrogens (tertiary/aromatic N) is 3. The molecule has 0 aliphatic carbocycles.